The van der Waals surface area contributed by atoms with Crippen LogP contribution in [0.2, 0.25) is 0 Å². The summed E-state index contributed by atoms with van der Waals surface area (Å²) in [5, 5.41) is 9.72. The minimum Gasteiger partial charge on any atom is -0.481 e. The van der Waals surface area contributed by atoms with Gasteiger partial charge in [0, 0.05) is 11.5 Å². The molecule has 0 saturated carbocycles. The lowest BCUT2D eigenvalue weighted by molar-refractivity contribution is 0.399. The molecular weight excluding hydrogens is 176 g/mol. The fourth-order valence-electron chi connectivity index (χ4n) is 1.28. The molecule has 0 N–H and O–H groups in total. The molecule has 3 nitrogen and oxygen atoms in total. The Labute approximate surface area is 81.6 Å². The van der Waals surface area contributed by atoms with Gasteiger partial charge in [-0.25, -0.2) is 4.98 Å². The number of pyridine rings is 1. The van der Waals surface area contributed by atoms with E-state index in [0.717, 1.165) is 10.9 Å². The summed E-state index contributed by atoms with van der Waals surface area (Å²) in [4.78, 5) is 4.23. The van der Waals surface area contributed by atoms with Crippen molar-refractivity contribution in [3.8, 4) is 11.9 Å². The summed E-state index contributed by atoms with van der Waals surface area (Å²) < 4.78 is 5.00. The number of nitriles is 1. The first-order valence-corrected chi connectivity index (χ1v) is 4.18. The van der Waals surface area contributed by atoms with E-state index in [-0.39, 0.29) is 0 Å². The Balaban J connectivity index is 2.67. The van der Waals surface area contributed by atoms with Crippen LogP contribution < -0.4 is 4.74 Å². The molecule has 0 amide bonds. The molecule has 0 bridgehead atoms. The minimum absolute atomic E-state index is 0.563. The topological polar surface area (TPSA) is 45.9 Å². The van der Waals surface area contributed by atoms with Gasteiger partial charge < -0.3 is 4.74 Å². The minimum atomic E-state index is 0.563. The van der Waals surface area contributed by atoms with Gasteiger partial charge in [0.2, 0.25) is 5.88 Å². The Hall–Kier alpha value is -2.08. The van der Waals surface area contributed by atoms with Crippen molar-refractivity contribution < 1.29 is 4.74 Å². The SMILES string of the molecule is COc1ccc2ccc(C#N)cc2n1. The van der Waals surface area contributed by atoms with E-state index in [1.54, 1.807) is 25.3 Å². The molecule has 68 valence electrons. The Morgan fingerprint density at radius 3 is 2.79 bits per heavy atom. The zero-order valence-corrected chi connectivity index (χ0v) is 7.69. The van der Waals surface area contributed by atoms with Crippen molar-refractivity contribution in [2.24, 2.45) is 0 Å². The van der Waals surface area contributed by atoms with E-state index in [2.05, 4.69) is 11.1 Å². The summed E-state index contributed by atoms with van der Waals surface area (Å²) >= 11 is 0. The first kappa shape index (κ1) is 8.52. The fourth-order valence-corrected chi connectivity index (χ4v) is 1.28. The van der Waals surface area contributed by atoms with Crippen LogP contribution in [0.4, 0.5) is 0 Å². The van der Waals surface area contributed by atoms with E-state index >= 15 is 0 Å². The third kappa shape index (κ3) is 1.38. The van der Waals surface area contributed by atoms with Crippen LogP contribution in [0.15, 0.2) is 30.3 Å². The smallest absolute Gasteiger partial charge is 0.213 e. The highest BCUT2D eigenvalue weighted by Crippen LogP contribution is 2.17. The van der Waals surface area contributed by atoms with Gasteiger partial charge in [-0.2, -0.15) is 5.26 Å². The number of nitrogens with zero attached hydrogens (tertiary/aromatic N) is 2. The molecule has 0 spiro atoms. The third-order valence-electron chi connectivity index (χ3n) is 2.00. The Morgan fingerprint density at radius 1 is 1.29 bits per heavy atom. The molecule has 0 aliphatic carbocycles. The Morgan fingerprint density at radius 2 is 2.07 bits per heavy atom. The second-order valence-electron chi connectivity index (χ2n) is 2.87. The van der Waals surface area contributed by atoms with Crippen molar-refractivity contribution in [2.45, 2.75) is 0 Å². The fraction of sp³-hybridized carbons (Fsp3) is 0.0909. The summed E-state index contributed by atoms with van der Waals surface area (Å²) in [6.07, 6.45) is 0. The molecule has 0 saturated heterocycles. The molecular formula is C11H8N2O. The molecule has 14 heavy (non-hydrogen) atoms. The Bertz CT molecular complexity index is 514. The van der Waals surface area contributed by atoms with Crippen LogP contribution >= 0.6 is 0 Å². The predicted octanol–water partition coefficient (Wildman–Crippen LogP) is 2.12. The summed E-state index contributed by atoms with van der Waals surface area (Å²) in [5.41, 5.74) is 1.39. The monoisotopic (exact) mass is 184 g/mol. The normalized spacial score (nSPS) is 9.71. The quantitative estimate of drug-likeness (QED) is 0.681. The second kappa shape index (κ2) is 3.35. The van der Waals surface area contributed by atoms with Crippen LogP contribution in [0, 0.1) is 11.3 Å². The number of ether oxygens (including phenoxy) is 1. The zero-order chi connectivity index (χ0) is 9.97. The van der Waals surface area contributed by atoms with Gasteiger partial charge in [0.05, 0.1) is 24.3 Å². The molecule has 3 heteroatoms. The lowest BCUT2D eigenvalue weighted by Gasteiger charge is -2.00. The lowest BCUT2D eigenvalue weighted by Crippen LogP contribution is -1.87. The maximum atomic E-state index is 8.71. The van der Waals surface area contributed by atoms with Gasteiger partial charge in [-0.3, -0.25) is 0 Å². The molecule has 0 atom stereocenters. The van der Waals surface area contributed by atoms with Crippen molar-refractivity contribution in [3.05, 3.63) is 35.9 Å². The van der Waals surface area contributed by atoms with Crippen LogP contribution in [0.5, 0.6) is 5.88 Å². The van der Waals surface area contributed by atoms with Crippen molar-refractivity contribution >= 4 is 10.9 Å². The van der Waals surface area contributed by atoms with Crippen LogP contribution in [-0.4, -0.2) is 12.1 Å². The highest BCUT2D eigenvalue weighted by Gasteiger charge is 1.98. The summed E-state index contributed by atoms with van der Waals surface area (Å²) in [6.45, 7) is 0. The van der Waals surface area contributed by atoms with Gasteiger partial charge in [0.25, 0.3) is 0 Å². The van der Waals surface area contributed by atoms with Crippen molar-refractivity contribution in [3.63, 3.8) is 0 Å². The molecule has 0 aliphatic rings. The number of hydrogen-bond donors (Lipinski definition) is 0. The molecule has 0 aliphatic heterocycles. The number of hydrogen-bond acceptors (Lipinski definition) is 3. The average molecular weight is 184 g/mol. The highest BCUT2D eigenvalue weighted by atomic mass is 16.5. The number of fused-ring (bicyclic) bond motifs is 1. The predicted molar refractivity (Wildman–Crippen MR) is 53.0 cm³/mol. The highest BCUT2D eigenvalue weighted by molar-refractivity contribution is 5.80. The lowest BCUT2D eigenvalue weighted by atomic mass is 10.1. The summed E-state index contributed by atoms with van der Waals surface area (Å²) in [7, 11) is 1.57. The molecule has 0 fully saturated rings. The number of rotatable bonds is 1. The van der Waals surface area contributed by atoms with Crippen LogP contribution in [0.3, 0.4) is 0 Å². The van der Waals surface area contributed by atoms with E-state index in [1.807, 2.05) is 12.1 Å². The molecule has 2 rings (SSSR count). The van der Waals surface area contributed by atoms with Crippen molar-refractivity contribution in [1.29, 1.82) is 5.26 Å². The van der Waals surface area contributed by atoms with Crippen LogP contribution in [0.1, 0.15) is 5.56 Å². The number of methoxy groups -OCH3 is 1. The van der Waals surface area contributed by atoms with Crippen LogP contribution in [0.25, 0.3) is 10.9 Å². The standard InChI is InChI=1S/C11H8N2O/c1-14-11-5-4-9-3-2-8(7-12)6-10(9)13-11/h2-6H,1H3. The third-order valence-corrected chi connectivity index (χ3v) is 2.00. The molecule has 1 aromatic carbocycles. The second-order valence-corrected chi connectivity index (χ2v) is 2.87. The first-order valence-electron chi connectivity index (χ1n) is 4.18. The van der Waals surface area contributed by atoms with Gasteiger partial charge in [-0.15, -0.1) is 0 Å². The largest absolute Gasteiger partial charge is 0.481 e. The number of benzene rings is 1. The molecule has 1 heterocycles. The average Bonchev–Trinajstić information content (AvgIpc) is 2.27. The molecule has 0 radical (unpaired) electrons. The van der Waals surface area contributed by atoms with Gasteiger partial charge in [0.15, 0.2) is 0 Å². The summed E-state index contributed by atoms with van der Waals surface area (Å²) in [6, 6.07) is 11.2. The van der Waals surface area contributed by atoms with Gasteiger partial charge in [-0.05, 0) is 18.2 Å². The van der Waals surface area contributed by atoms with E-state index in [0.29, 0.717) is 11.4 Å². The Kier molecular flexibility index (Phi) is 2.04. The number of aromatic nitrogens is 1. The van der Waals surface area contributed by atoms with E-state index in [1.165, 1.54) is 0 Å². The maximum Gasteiger partial charge on any atom is 0.213 e. The van der Waals surface area contributed by atoms with Gasteiger partial charge in [-0.1, -0.05) is 6.07 Å². The van der Waals surface area contributed by atoms with Crippen molar-refractivity contribution in [2.75, 3.05) is 7.11 Å². The molecule has 0 unspecified atom stereocenters. The van der Waals surface area contributed by atoms with Crippen LogP contribution in [-0.2, 0) is 0 Å². The van der Waals surface area contributed by atoms with E-state index < -0.39 is 0 Å². The summed E-state index contributed by atoms with van der Waals surface area (Å²) in [5.74, 6) is 0.563. The van der Waals surface area contributed by atoms with E-state index in [4.69, 9.17) is 10.00 Å². The maximum absolute atomic E-state index is 8.71. The van der Waals surface area contributed by atoms with Crippen molar-refractivity contribution in [1.82, 2.24) is 4.98 Å². The van der Waals surface area contributed by atoms with E-state index in [9.17, 15) is 0 Å². The zero-order valence-electron chi connectivity index (χ0n) is 7.69. The van der Waals surface area contributed by atoms with Gasteiger partial charge >= 0.3 is 0 Å². The first-order chi connectivity index (χ1) is 6.83. The van der Waals surface area contributed by atoms with Gasteiger partial charge in [0.1, 0.15) is 0 Å². The molecule has 1 aromatic heterocycles. The molecule has 2 aromatic rings.